The molecule has 0 saturated carbocycles. The minimum atomic E-state index is -0.587. The summed E-state index contributed by atoms with van der Waals surface area (Å²) in [7, 11) is 0. The van der Waals surface area contributed by atoms with Gasteiger partial charge in [-0.3, -0.25) is 0 Å². The average molecular weight is 775 g/mol. The van der Waals surface area contributed by atoms with E-state index in [1.165, 1.54) is 0 Å². The quantitative estimate of drug-likeness (QED) is 0.235. The molecule has 1 saturated heterocycles. The number of alkyl halides is 8. The first-order valence-electron chi connectivity index (χ1n) is 4.65. The molecule has 0 spiro atoms. The molecule has 3 atom stereocenters. The summed E-state index contributed by atoms with van der Waals surface area (Å²) in [6, 6.07) is 0. The van der Waals surface area contributed by atoms with Gasteiger partial charge >= 0.3 is 0 Å². The largest absolute Gasteiger partial charge is 0.371 e. The number of rotatable bonds is 7. The molecule has 1 rings (SSSR count). The number of ether oxygens (including phenoxy) is 2. The van der Waals surface area contributed by atoms with Crippen molar-refractivity contribution < 1.29 is 9.47 Å². The minimum absolute atomic E-state index is 0.0181. The topological polar surface area (TPSA) is 21.8 Å². The van der Waals surface area contributed by atoms with E-state index in [2.05, 4.69) is 127 Å². The molecule has 0 N–H and O–H groups in total. The van der Waals surface area contributed by atoms with Crippen molar-refractivity contribution in [3.63, 3.8) is 0 Å². The van der Waals surface area contributed by atoms with Gasteiger partial charge in [0.15, 0.2) is 0 Å². The first-order valence-corrected chi connectivity index (χ1v) is 11.5. The van der Waals surface area contributed by atoms with Gasteiger partial charge in [-0.1, -0.05) is 127 Å². The van der Waals surface area contributed by atoms with E-state index < -0.39 is 6.47 Å². The first-order chi connectivity index (χ1) is 8.10. The zero-order valence-electron chi connectivity index (χ0n) is 8.56. The molecule has 0 bridgehead atoms. The summed E-state index contributed by atoms with van der Waals surface area (Å²) in [6.45, 7) is 1.33. The highest BCUT2D eigenvalue weighted by molar-refractivity contribution is 9.31. The molecule has 1 aliphatic rings. The fourth-order valence-corrected chi connectivity index (χ4v) is 6.97. The van der Waals surface area contributed by atoms with Crippen LogP contribution in [0, 0.1) is 0 Å². The molecule has 0 amide bonds. The second kappa shape index (κ2) is 8.04. The molecule has 10 heteroatoms. The second-order valence-electron chi connectivity index (χ2n) is 3.59. The first kappa shape index (κ1) is 19.8. The Hall–Kier alpha value is 3.76. The van der Waals surface area contributed by atoms with Crippen LogP contribution in [-0.4, -0.2) is 39.4 Å². The van der Waals surface area contributed by atoms with Crippen molar-refractivity contribution in [2.75, 3.05) is 13.2 Å². The van der Waals surface area contributed by atoms with Crippen molar-refractivity contribution in [1.82, 2.24) is 0 Å². The summed E-state index contributed by atoms with van der Waals surface area (Å²) >= 11 is 28.7. The summed E-state index contributed by atoms with van der Waals surface area (Å²) < 4.78 is 9.80. The molecule has 2 nitrogen and oxygen atoms in total. The van der Waals surface area contributed by atoms with Crippen molar-refractivity contribution in [1.29, 1.82) is 0 Å². The maximum atomic E-state index is 5.73. The monoisotopic (exact) mass is 767 g/mol. The van der Waals surface area contributed by atoms with Crippen LogP contribution in [0.5, 0.6) is 0 Å². The number of hydrogen-bond donors (Lipinski definition) is 0. The van der Waals surface area contributed by atoms with Gasteiger partial charge in [-0.05, 0) is 0 Å². The molecule has 3 unspecified atom stereocenters. The fraction of sp³-hybridized carbons (Fsp3) is 1.00. The van der Waals surface area contributed by atoms with Gasteiger partial charge in [0, 0.05) is 0 Å². The van der Waals surface area contributed by atoms with Crippen LogP contribution in [0.15, 0.2) is 0 Å². The van der Waals surface area contributed by atoms with Crippen LogP contribution >= 0.6 is 127 Å². The predicted octanol–water partition coefficient (Wildman–Crippen LogP) is 5.97. The van der Waals surface area contributed by atoms with Gasteiger partial charge in [-0.25, -0.2) is 0 Å². The van der Waals surface area contributed by atoms with E-state index in [4.69, 9.17) is 9.47 Å². The van der Waals surface area contributed by atoms with E-state index in [0.717, 1.165) is 6.61 Å². The lowest BCUT2D eigenvalue weighted by molar-refractivity contribution is 0.0952. The van der Waals surface area contributed by atoms with Crippen molar-refractivity contribution in [2.45, 2.75) is 26.1 Å². The maximum Gasteiger partial charge on any atom is 0.142 e. The van der Waals surface area contributed by atoms with Crippen LogP contribution in [0.2, 0.25) is 0 Å². The fourth-order valence-electron chi connectivity index (χ4n) is 0.954. The summed E-state index contributed by atoms with van der Waals surface area (Å²) in [6.07, 6.45) is 0.223. The Morgan fingerprint density at radius 1 is 1.06 bits per heavy atom. The highest BCUT2D eigenvalue weighted by atomic mass is 79.9. The lowest BCUT2D eigenvalue weighted by Gasteiger charge is -2.41. The lowest BCUT2D eigenvalue weighted by atomic mass is 10.2. The van der Waals surface area contributed by atoms with Crippen molar-refractivity contribution in [3.05, 3.63) is 0 Å². The Labute approximate surface area is 173 Å². The summed E-state index contributed by atoms with van der Waals surface area (Å²) in [5, 5.41) is -0.272. The Kier molecular flexibility index (Phi) is 8.84. The van der Waals surface area contributed by atoms with Gasteiger partial charge in [0.2, 0.25) is 0 Å². The average Bonchev–Trinajstić information content (AvgIpc) is 3.07. The third-order valence-electron chi connectivity index (χ3n) is 2.13. The molecular weight excluding hydrogens is 767 g/mol. The maximum absolute atomic E-state index is 5.73. The Bertz CT molecular complexity index is 280. The molecule has 1 heterocycles. The number of hydrogen-bond acceptors (Lipinski definition) is 2. The van der Waals surface area contributed by atoms with Gasteiger partial charge in [-0.15, -0.1) is 0 Å². The highest BCUT2D eigenvalue weighted by Gasteiger charge is 2.55. The Balaban J connectivity index is 2.68. The molecule has 0 aromatic rings. The molecule has 1 aliphatic heterocycles. The summed E-state index contributed by atoms with van der Waals surface area (Å²) in [5.74, 6) is 0. The van der Waals surface area contributed by atoms with Crippen molar-refractivity contribution in [2.24, 2.45) is 0 Å². The van der Waals surface area contributed by atoms with Gasteiger partial charge in [0.25, 0.3) is 0 Å². The van der Waals surface area contributed by atoms with Crippen LogP contribution in [0.3, 0.4) is 0 Å². The normalized spacial score (nSPS) is 24.2. The van der Waals surface area contributed by atoms with Crippen LogP contribution in [-0.2, 0) is 9.47 Å². The van der Waals surface area contributed by atoms with Gasteiger partial charge < -0.3 is 9.47 Å². The number of epoxide rings is 1. The van der Waals surface area contributed by atoms with Crippen LogP contribution in [0.25, 0.3) is 0 Å². The zero-order chi connectivity index (χ0) is 14.1. The van der Waals surface area contributed by atoms with Crippen molar-refractivity contribution >= 4 is 127 Å². The van der Waals surface area contributed by atoms with E-state index >= 15 is 0 Å². The molecular formula is C8H8Br8O2. The molecule has 1 fully saturated rings. The van der Waals surface area contributed by atoms with E-state index in [9.17, 15) is 0 Å². The summed E-state index contributed by atoms with van der Waals surface area (Å²) in [5.41, 5.74) is 0. The molecule has 0 aromatic heterocycles. The van der Waals surface area contributed by atoms with Gasteiger partial charge in [0.05, 0.1) is 21.8 Å². The standard InChI is InChI=1S/C8H8Br8O2/c9-4(5(10)11)7(13,14)8(15,16)6(12)18-2-3-1-17-3/h3-6H,1-2H2. The van der Waals surface area contributed by atoms with E-state index in [1.807, 2.05) is 0 Å². The van der Waals surface area contributed by atoms with E-state index in [1.54, 1.807) is 0 Å². The molecule has 18 heavy (non-hydrogen) atoms. The van der Waals surface area contributed by atoms with E-state index in [-0.39, 0.29) is 19.7 Å². The molecule has 108 valence electrons. The Morgan fingerprint density at radius 3 is 1.94 bits per heavy atom. The van der Waals surface area contributed by atoms with Crippen molar-refractivity contribution in [3.8, 4) is 0 Å². The van der Waals surface area contributed by atoms with Crippen LogP contribution < -0.4 is 0 Å². The molecule has 0 aliphatic carbocycles. The molecule has 0 aromatic carbocycles. The van der Waals surface area contributed by atoms with Gasteiger partial charge in [0.1, 0.15) is 17.6 Å². The third kappa shape index (κ3) is 5.15. The Morgan fingerprint density at radius 2 is 1.56 bits per heavy atom. The third-order valence-corrected chi connectivity index (χ3v) is 15.7. The SMILES string of the molecule is BrC(Br)C(Br)C(Br)(Br)C(Br)(Br)C(Br)OCC1CO1. The smallest absolute Gasteiger partial charge is 0.142 e. The lowest BCUT2D eigenvalue weighted by Crippen LogP contribution is -2.50. The highest BCUT2D eigenvalue weighted by Crippen LogP contribution is 2.58. The zero-order valence-corrected chi connectivity index (χ0v) is 21.3. The van der Waals surface area contributed by atoms with Crippen LogP contribution in [0.4, 0.5) is 0 Å². The molecule has 0 radical (unpaired) electrons. The predicted molar refractivity (Wildman–Crippen MR) is 104 cm³/mol. The summed E-state index contributed by atoms with van der Waals surface area (Å²) in [4.78, 5) is 0.0181. The van der Waals surface area contributed by atoms with Gasteiger partial charge in [-0.2, -0.15) is 0 Å². The minimum Gasteiger partial charge on any atom is -0.371 e. The second-order valence-corrected chi connectivity index (χ2v) is 15.7. The number of halogens is 8. The van der Waals surface area contributed by atoms with E-state index in [0.29, 0.717) is 6.61 Å². The van der Waals surface area contributed by atoms with Crippen LogP contribution in [0.1, 0.15) is 0 Å².